The Balaban J connectivity index is 1.75. The maximum atomic E-state index is 5.41. The van der Waals surface area contributed by atoms with Crippen molar-refractivity contribution in [3.05, 3.63) is 35.3 Å². The lowest BCUT2D eigenvalue weighted by atomic mass is 10.00. The molecule has 1 fully saturated rings. The van der Waals surface area contributed by atoms with Crippen molar-refractivity contribution in [3.8, 4) is 6.57 Å². The lowest BCUT2D eigenvalue weighted by molar-refractivity contribution is 0.435. The van der Waals surface area contributed by atoms with E-state index < -0.39 is 0 Å². The summed E-state index contributed by atoms with van der Waals surface area (Å²) in [6.07, 6.45) is 3.89. The SMILES string of the molecule is C#[N+]c1cn[nH]c1Nc1nc(N2CCC(C)CC2)nc2ccccc12. The summed E-state index contributed by atoms with van der Waals surface area (Å²) in [5, 5.41) is 11.0. The maximum absolute atomic E-state index is 5.41. The van der Waals surface area contributed by atoms with Crippen LogP contribution in [0.2, 0.25) is 0 Å². The number of anilines is 3. The molecule has 0 amide bonds. The van der Waals surface area contributed by atoms with Gasteiger partial charge in [0.1, 0.15) is 12.0 Å². The van der Waals surface area contributed by atoms with E-state index in [1.807, 2.05) is 24.3 Å². The van der Waals surface area contributed by atoms with Gasteiger partial charge in [0.05, 0.1) is 5.52 Å². The van der Waals surface area contributed by atoms with E-state index in [1.165, 1.54) is 0 Å². The molecule has 0 unspecified atom stereocenters. The van der Waals surface area contributed by atoms with E-state index in [1.54, 1.807) is 6.20 Å². The number of nitrogens with zero attached hydrogens (tertiary/aromatic N) is 5. The number of rotatable bonds is 3. The van der Waals surface area contributed by atoms with Crippen LogP contribution < -0.4 is 10.2 Å². The summed E-state index contributed by atoms with van der Waals surface area (Å²) in [4.78, 5) is 15.5. The second-order valence-electron chi connectivity index (χ2n) is 6.44. The van der Waals surface area contributed by atoms with Gasteiger partial charge in [-0.05, 0) is 35.7 Å². The summed E-state index contributed by atoms with van der Waals surface area (Å²) in [6.45, 7) is 9.66. The topological polar surface area (TPSA) is 74.1 Å². The number of aromatic nitrogens is 4. The minimum absolute atomic E-state index is 0.552. The number of benzene rings is 1. The first-order valence-electron chi connectivity index (χ1n) is 8.47. The Morgan fingerprint density at radius 2 is 2.04 bits per heavy atom. The Labute approximate surface area is 145 Å². The fraction of sp³-hybridized carbons (Fsp3) is 0.333. The van der Waals surface area contributed by atoms with Crippen LogP contribution in [0.3, 0.4) is 0 Å². The molecule has 1 aliphatic heterocycles. The molecule has 0 spiro atoms. The fourth-order valence-electron chi connectivity index (χ4n) is 3.10. The Hall–Kier alpha value is -3.14. The summed E-state index contributed by atoms with van der Waals surface area (Å²) in [7, 11) is 0. The smallest absolute Gasteiger partial charge is 0.341 e. The van der Waals surface area contributed by atoms with E-state index in [2.05, 4.69) is 32.2 Å². The molecule has 2 N–H and O–H groups in total. The number of hydrogen-bond donors (Lipinski definition) is 2. The van der Waals surface area contributed by atoms with Crippen molar-refractivity contribution in [2.24, 2.45) is 5.92 Å². The summed E-state index contributed by atoms with van der Waals surface area (Å²) >= 11 is 0. The van der Waals surface area contributed by atoms with Gasteiger partial charge in [-0.3, -0.25) is 5.10 Å². The van der Waals surface area contributed by atoms with Crippen molar-refractivity contribution >= 4 is 34.2 Å². The molecule has 2 aromatic heterocycles. The predicted octanol–water partition coefficient (Wildman–Crippen LogP) is 3.93. The number of fused-ring (bicyclic) bond motifs is 1. The third-order valence-electron chi connectivity index (χ3n) is 4.66. The van der Waals surface area contributed by atoms with Gasteiger partial charge in [-0.1, -0.05) is 19.1 Å². The first-order valence-corrected chi connectivity index (χ1v) is 8.47. The van der Waals surface area contributed by atoms with Crippen LogP contribution in [0.5, 0.6) is 0 Å². The summed E-state index contributed by atoms with van der Waals surface area (Å²) in [5.41, 5.74) is 1.45. The van der Waals surface area contributed by atoms with Crippen LogP contribution >= 0.6 is 0 Å². The van der Waals surface area contributed by atoms with Gasteiger partial charge in [-0.25, -0.2) is 4.98 Å². The van der Waals surface area contributed by atoms with Gasteiger partial charge < -0.3 is 10.2 Å². The molecule has 7 nitrogen and oxygen atoms in total. The third-order valence-corrected chi connectivity index (χ3v) is 4.66. The molecule has 0 bridgehead atoms. The Morgan fingerprint density at radius 1 is 1.24 bits per heavy atom. The second-order valence-corrected chi connectivity index (χ2v) is 6.44. The number of nitrogens with one attached hydrogen (secondary N) is 2. The van der Waals surface area contributed by atoms with Gasteiger partial charge in [0, 0.05) is 18.5 Å². The molecule has 7 heteroatoms. The maximum Gasteiger partial charge on any atom is 0.401 e. The zero-order valence-electron chi connectivity index (χ0n) is 14.1. The van der Waals surface area contributed by atoms with Crippen LogP contribution in [0.15, 0.2) is 30.5 Å². The molecule has 0 saturated carbocycles. The first-order chi connectivity index (χ1) is 12.2. The molecule has 1 aromatic carbocycles. The van der Waals surface area contributed by atoms with Crippen LogP contribution in [0.1, 0.15) is 19.8 Å². The van der Waals surface area contributed by atoms with Gasteiger partial charge >= 0.3 is 5.69 Å². The first kappa shape index (κ1) is 15.4. The van der Waals surface area contributed by atoms with Crippen molar-refractivity contribution in [1.82, 2.24) is 20.2 Å². The summed E-state index contributed by atoms with van der Waals surface area (Å²) < 4.78 is 0. The number of hydrogen-bond acceptors (Lipinski definition) is 5. The van der Waals surface area contributed by atoms with Gasteiger partial charge in [-0.2, -0.15) is 10.1 Å². The van der Waals surface area contributed by atoms with Crippen molar-refractivity contribution in [1.29, 1.82) is 0 Å². The van der Waals surface area contributed by atoms with Crippen molar-refractivity contribution in [3.63, 3.8) is 0 Å². The van der Waals surface area contributed by atoms with E-state index in [0.29, 0.717) is 17.3 Å². The number of aromatic amines is 1. The van der Waals surface area contributed by atoms with Gasteiger partial charge in [0.2, 0.25) is 11.8 Å². The molecular weight excluding hydrogens is 314 g/mol. The molecule has 4 rings (SSSR count). The van der Waals surface area contributed by atoms with E-state index in [9.17, 15) is 0 Å². The molecule has 0 radical (unpaired) electrons. The molecule has 25 heavy (non-hydrogen) atoms. The predicted molar refractivity (Wildman–Crippen MR) is 100.0 cm³/mol. The highest BCUT2D eigenvalue weighted by molar-refractivity contribution is 5.92. The second kappa shape index (κ2) is 6.40. The highest BCUT2D eigenvalue weighted by Gasteiger charge is 2.21. The van der Waals surface area contributed by atoms with Gasteiger partial charge in [-0.15, -0.1) is 0 Å². The van der Waals surface area contributed by atoms with Crippen molar-refractivity contribution in [2.75, 3.05) is 23.3 Å². The van der Waals surface area contributed by atoms with Crippen LogP contribution in [0.4, 0.5) is 23.3 Å². The monoisotopic (exact) mass is 334 g/mol. The van der Waals surface area contributed by atoms with E-state index in [0.717, 1.165) is 48.7 Å². The normalized spacial score (nSPS) is 15.3. The molecule has 0 aliphatic carbocycles. The van der Waals surface area contributed by atoms with Crippen LogP contribution in [-0.2, 0) is 0 Å². The van der Waals surface area contributed by atoms with E-state index in [-0.39, 0.29) is 0 Å². The molecule has 1 saturated heterocycles. The fourth-order valence-corrected chi connectivity index (χ4v) is 3.10. The Morgan fingerprint density at radius 3 is 2.84 bits per heavy atom. The highest BCUT2D eigenvalue weighted by Crippen LogP contribution is 2.30. The van der Waals surface area contributed by atoms with E-state index in [4.69, 9.17) is 16.5 Å². The Kier molecular flexibility index (Phi) is 3.94. The zero-order chi connectivity index (χ0) is 17.2. The number of H-pyrrole nitrogens is 1. The van der Waals surface area contributed by atoms with Crippen LogP contribution in [0.25, 0.3) is 15.7 Å². The van der Waals surface area contributed by atoms with Crippen molar-refractivity contribution in [2.45, 2.75) is 19.8 Å². The van der Waals surface area contributed by atoms with Gasteiger partial charge in [0.15, 0.2) is 0 Å². The average molecular weight is 334 g/mol. The zero-order valence-corrected chi connectivity index (χ0v) is 14.1. The third kappa shape index (κ3) is 2.98. The van der Waals surface area contributed by atoms with E-state index >= 15 is 0 Å². The lowest BCUT2D eigenvalue weighted by Gasteiger charge is -2.30. The summed E-state index contributed by atoms with van der Waals surface area (Å²) in [6, 6.07) is 7.95. The molecule has 3 heterocycles. The van der Waals surface area contributed by atoms with Gasteiger partial charge in [0.25, 0.3) is 6.57 Å². The van der Waals surface area contributed by atoms with Crippen LogP contribution in [-0.4, -0.2) is 33.3 Å². The molecule has 1 aliphatic rings. The lowest BCUT2D eigenvalue weighted by Crippen LogP contribution is -2.34. The minimum Gasteiger partial charge on any atom is -0.341 e. The standard InChI is InChI=1S/C18H20N7/c1-12-7-9-25(10-8-12)18-21-14-6-4-3-5-13(14)16(23-18)22-17-15(19-2)11-20-24-17/h2-6,11-12H,7-10H2,1H3,(H2,20,21,22,23,24)/q+1. The highest BCUT2D eigenvalue weighted by atomic mass is 15.3. The molecular formula is C18H20N7+. The number of para-hydroxylation sites is 1. The van der Waals surface area contributed by atoms with Crippen LogP contribution in [0, 0.1) is 12.5 Å². The molecule has 3 aromatic rings. The summed E-state index contributed by atoms with van der Waals surface area (Å²) in [5.74, 6) is 2.84. The Bertz CT molecular complexity index is 932. The largest absolute Gasteiger partial charge is 0.401 e. The average Bonchev–Trinajstić information content (AvgIpc) is 3.09. The quantitative estimate of drug-likeness (QED) is 0.759. The number of piperidine rings is 1. The van der Waals surface area contributed by atoms with Crippen molar-refractivity contribution < 1.29 is 0 Å². The molecule has 0 atom stereocenters. The minimum atomic E-state index is 0.552. The molecule has 126 valence electrons.